The summed E-state index contributed by atoms with van der Waals surface area (Å²) in [5.74, 6) is 0.876. The average Bonchev–Trinajstić information content (AvgIpc) is 2.65. The van der Waals surface area contributed by atoms with Crippen LogP contribution in [0.3, 0.4) is 0 Å². The van der Waals surface area contributed by atoms with Crippen LogP contribution in [-0.4, -0.2) is 52.5 Å². The van der Waals surface area contributed by atoms with Gasteiger partial charge in [0.25, 0.3) is 0 Å². The molecule has 0 aromatic heterocycles. The summed E-state index contributed by atoms with van der Waals surface area (Å²) in [4.78, 5) is 4.23. The first kappa shape index (κ1) is 21.5. The van der Waals surface area contributed by atoms with Crippen LogP contribution in [-0.2, 0) is 15.9 Å². The van der Waals surface area contributed by atoms with Crippen LogP contribution in [0.25, 0.3) is 0 Å². The van der Waals surface area contributed by atoms with E-state index in [1.165, 1.54) is 5.56 Å². The number of rotatable bonds is 14. The van der Waals surface area contributed by atoms with Crippen molar-refractivity contribution in [3.63, 3.8) is 0 Å². The van der Waals surface area contributed by atoms with E-state index in [0.717, 1.165) is 77.6 Å². The number of hydrogen-bond acceptors (Lipinski definition) is 3. The van der Waals surface area contributed by atoms with Crippen LogP contribution in [0.5, 0.6) is 0 Å². The number of benzene rings is 1. The predicted octanol–water partition coefficient (Wildman–Crippen LogP) is 3.01. The normalized spacial score (nSPS) is 11.5. The summed E-state index contributed by atoms with van der Waals surface area (Å²) in [6.45, 7) is 7.12. The first-order valence-corrected chi connectivity index (χ1v) is 9.50. The van der Waals surface area contributed by atoms with Crippen LogP contribution in [0.1, 0.15) is 38.2 Å². The molecule has 0 unspecified atom stereocenters. The Kier molecular flexibility index (Phi) is 13.7. The summed E-state index contributed by atoms with van der Waals surface area (Å²) in [7, 11) is 1.81. The first-order chi connectivity index (χ1) is 12.4. The molecule has 0 saturated carbocycles. The summed E-state index contributed by atoms with van der Waals surface area (Å²) < 4.78 is 11.0. The average molecular weight is 350 g/mol. The molecule has 5 nitrogen and oxygen atoms in total. The molecule has 0 radical (unpaired) electrons. The van der Waals surface area contributed by atoms with E-state index >= 15 is 0 Å². The van der Waals surface area contributed by atoms with Gasteiger partial charge in [-0.1, -0.05) is 30.3 Å². The van der Waals surface area contributed by atoms with Gasteiger partial charge in [0.1, 0.15) is 0 Å². The Bertz CT molecular complexity index is 438. The lowest BCUT2D eigenvalue weighted by Crippen LogP contribution is -2.38. The Morgan fingerprint density at radius 3 is 2.12 bits per heavy atom. The summed E-state index contributed by atoms with van der Waals surface area (Å²) in [6, 6.07) is 10.5. The molecule has 0 aliphatic rings. The highest BCUT2D eigenvalue weighted by atomic mass is 16.5. The summed E-state index contributed by atoms with van der Waals surface area (Å²) >= 11 is 0. The van der Waals surface area contributed by atoms with Crippen LogP contribution in [0, 0.1) is 0 Å². The molecule has 2 N–H and O–H groups in total. The zero-order valence-electron chi connectivity index (χ0n) is 15.9. The fourth-order valence-electron chi connectivity index (χ4n) is 2.37. The van der Waals surface area contributed by atoms with Crippen molar-refractivity contribution in [3.05, 3.63) is 35.9 Å². The summed E-state index contributed by atoms with van der Waals surface area (Å²) in [6.07, 6.45) is 5.30. The molecule has 25 heavy (non-hydrogen) atoms. The minimum absolute atomic E-state index is 0.794. The zero-order valence-corrected chi connectivity index (χ0v) is 15.9. The van der Waals surface area contributed by atoms with Crippen molar-refractivity contribution in [1.29, 1.82) is 0 Å². The van der Waals surface area contributed by atoms with E-state index < -0.39 is 0 Å². The molecule has 1 rings (SSSR count). The maximum absolute atomic E-state index is 5.70. The number of nitrogens with zero attached hydrogens (tertiary/aromatic N) is 1. The number of ether oxygens (including phenoxy) is 2. The van der Waals surface area contributed by atoms with Crippen molar-refractivity contribution < 1.29 is 9.47 Å². The van der Waals surface area contributed by atoms with Crippen LogP contribution >= 0.6 is 0 Å². The summed E-state index contributed by atoms with van der Waals surface area (Å²) in [5.41, 5.74) is 1.33. The molecule has 0 aliphatic heterocycles. The molecule has 0 aliphatic carbocycles. The van der Waals surface area contributed by atoms with Crippen molar-refractivity contribution in [1.82, 2.24) is 10.6 Å². The molecule has 1 aromatic carbocycles. The lowest BCUT2D eigenvalue weighted by molar-refractivity contribution is 0.133. The lowest BCUT2D eigenvalue weighted by Gasteiger charge is -2.12. The van der Waals surface area contributed by atoms with E-state index in [9.17, 15) is 0 Å². The fraction of sp³-hybridized carbons (Fsp3) is 0.650. The van der Waals surface area contributed by atoms with Gasteiger partial charge in [-0.05, 0) is 44.6 Å². The van der Waals surface area contributed by atoms with Crippen molar-refractivity contribution >= 4 is 5.96 Å². The predicted molar refractivity (Wildman–Crippen MR) is 105 cm³/mol. The van der Waals surface area contributed by atoms with E-state index in [4.69, 9.17) is 9.47 Å². The smallest absolute Gasteiger partial charge is 0.190 e. The molecule has 0 amide bonds. The second-order valence-corrected chi connectivity index (χ2v) is 5.88. The van der Waals surface area contributed by atoms with Gasteiger partial charge in [-0.15, -0.1) is 0 Å². The monoisotopic (exact) mass is 349 g/mol. The Hall–Kier alpha value is -1.59. The quantitative estimate of drug-likeness (QED) is 0.308. The van der Waals surface area contributed by atoms with Gasteiger partial charge >= 0.3 is 0 Å². The highest BCUT2D eigenvalue weighted by Crippen LogP contribution is 2.00. The van der Waals surface area contributed by atoms with Crippen molar-refractivity contribution in [2.24, 2.45) is 4.99 Å². The minimum Gasteiger partial charge on any atom is -0.382 e. The second kappa shape index (κ2) is 15.9. The number of nitrogens with one attached hydrogen (secondary N) is 2. The number of unbranched alkanes of at least 4 members (excludes halogenated alkanes) is 2. The number of hydrogen-bond donors (Lipinski definition) is 2. The summed E-state index contributed by atoms with van der Waals surface area (Å²) in [5, 5.41) is 6.67. The molecule has 5 heteroatoms. The van der Waals surface area contributed by atoms with Gasteiger partial charge in [0.15, 0.2) is 5.96 Å². The third kappa shape index (κ3) is 12.4. The Balaban J connectivity index is 1.90. The molecule has 0 heterocycles. The second-order valence-electron chi connectivity index (χ2n) is 5.88. The van der Waals surface area contributed by atoms with Gasteiger partial charge in [-0.3, -0.25) is 4.99 Å². The van der Waals surface area contributed by atoms with E-state index in [1.807, 2.05) is 20.0 Å². The molecular formula is C20H35N3O2. The van der Waals surface area contributed by atoms with E-state index in [1.54, 1.807) is 0 Å². The number of guanidine groups is 1. The van der Waals surface area contributed by atoms with Gasteiger partial charge in [-0.25, -0.2) is 0 Å². The maximum Gasteiger partial charge on any atom is 0.190 e. The zero-order chi connectivity index (χ0) is 18.0. The van der Waals surface area contributed by atoms with Crippen LogP contribution in [0.2, 0.25) is 0 Å². The van der Waals surface area contributed by atoms with Crippen molar-refractivity contribution in [2.45, 2.75) is 39.0 Å². The molecule has 0 bridgehead atoms. The van der Waals surface area contributed by atoms with E-state index in [2.05, 4.69) is 39.9 Å². The van der Waals surface area contributed by atoms with Gasteiger partial charge in [0, 0.05) is 40.0 Å². The molecule has 0 atom stereocenters. The minimum atomic E-state index is 0.794. The third-order valence-corrected chi connectivity index (χ3v) is 3.82. The topological polar surface area (TPSA) is 54.9 Å². The highest BCUT2D eigenvalue weighted by Gasteiger charge is 1.97. The Morgan fingerprint density at radius 2 is 1.52 bits per heavy atom. The third-order valence-electron chi connectivity index (χ3n) is 3.82. The molecule has 0 saturated heterocycles. The standard InChI is InChI=1S/C20H35N3O2/c1-3-24-16-9-7-14-22-20(21-2)23-15-8-10-17-25-18-13-19-11-5-4-6-12-19/h4-6,11-12H,3,7-10,13-18H2,1-2H3,(H2,21,22,23). The van der Waals surface area contributed by atoms with Crippen LogP contribution in [0.4, 0.5) is 0 Å². The highest BCUT2D eigenvalue weighted by molar-refractivity contribution is 5.79. The van der Waals surface area contributed by atoms with Crippen LogP contribution < -0.4 is 10.6 Å². The van der Waals surface area contributed by atoms with Crippen molar-refractivity contribution in [3.8, 4) is 0 Å². The largest absolute Gasteiger partial charge is 0.382 e. The lowest BCUT2D eigenvalue weighted by atomic mass is 10.2. The van der Waals surface area contributed by atoms with Gasteiger partial charge < -0.3 is 20.1 Å². The van der Waals surface area contributed by atoms with Crippen LogP contribution in [0.15, 0.2) is 35.3 Å². The van der Waals surface area contributed by atoms with Crippen molar-refractivity contribution in [2.75, 3.05) is 46.6 Å². The van der Waals surface area contributed by atoms with Gasteiger partial charge in [0.05, 0.1) is 6.61 Å². The fourth-order valence-corrected chi connectivity index (χ4v) is 2.37. The Morgan fingerprint density at radius 1 is 0.880 bits per heavy atom. The Labute approximate surface area is 153 Å². The van der Waals surface area contributed by atoms with E-state index in [0.29, 0.717) is 0 Å². The van der Waals surface area contributed by atoms with Gasteiger partial charge in [0.2, 0.25) is 0 Å². The molecule has 0 spiro atoms. The molecule has 1 aromatic rings. The first-order valence-electron chi connectivity index (χ1n) is 9.50. The van der Waals surface area contributed by atoms with E-state index in [-0.39, 0.29) is 0 Å². The molecular weight excluding hydrogens is 314 g/mol. The number of aliphatic imine (C=N–C) groups is 1. The van der Waals surface area contributed by atoms with Gasteiger partial charge in [-0.2, -0.15) is 0 Å². The molecule has 142 valence electrons. The molecule has 0 fully saturated rings. The SMILES string of the molecule is CCOCCCCNC(=NC)NCCCCOCCc1ccccc1. The maximum atomic E-state index is 5.70.